The van der Waals surface area contributed by atoms with Gasteiger partial charge in [0.15, 0.2) is 0 Å². The zero-order valence-corrected chi connectivity index (χ0v) is 10.5. The van der Waals surface area contributed by atoms with Gasteiger partial charge in [-0.25, -0.2) is 0 Å². The molecule has 1 N–H and O–H groups in total. The summed E-state index contributed by atoms with van der Waals surface area (Å²) in [4.78, 5) is 2.30. The van der Waals surface area contributed by atoms with Gasteiger partial charge in [-0.15, -0.1) is 0 Å². The van der Waals surface area contributed by atoms with Crippen LogP contribution >= 0.6 is 0 Å². The minimum Gasteiger partial charge on any atom is -0.376 e. The van der Waals surface area contributed by atoms with E-state index in [0.29, 0.717) is 12.7 Å². The van der Waals surface area contributed by atoms with Crippen LogP contribution < -0.4 is 5.32 Å². The number of hydrogen-bond donors (Lipinski definition) is 1. The summed E-state index contributed by atoms with van der Waals surface area (Å²) >= 11 is 0. The molecule has 4 nitrogen and oxygen atoms in total. The normalized spacial score (nSPS) is 22.2. The minimum absolute atomic E-state index is 0.319. The number of likely N-dealkylation sites (N-methyl/N-ethyl adjacent to an activating group) is 1. The van der Waals surface area contributed by atoms with Gasteiger partial charge in [-0.3, -0.25) is 0 Å². The first-order chi connectivity index (χ1) is 7.68. The smallest absolute Gasteiger partial charge is 0.0826 e. The largest absolute Gasteiger partial charge is 0.376 e. The van der Waals surface area contributed by atoms with Gasteiger partial charge in [-0.1, -0.05) is 12.2 Å². The molecule has 0 aromatic rings. The van der Waals surface area contributed by atoms with Gasteiger partial charge in [-0.05, 0) is 14.0 Å². The van der Waals surface area contributed by atoms with Crippen LogP contribution in [0.1, 0.15) is 6.92 Å². The Hall–Kier alpha value is -0.420. The van der Waals surface area contributed by atoms with Gasteiger partial charge in [0.1, 0.15) is 0 Å². The van der Waals surface area contributed by atoms with E-state index >= 15 is 0 Å². The summed E-state index contributed by atoms with van der Waals surface area (Å²) in [5, 5.41) is 3.34. The lowest BCUT2D eigenvalue weighted by atomic mass is 10.3. The molecule has 0 saturated carbocycles. The number of nitrogens with zero attached hydrogens (tertiary/aromatic N) is 1. The fraction of sp³-hybridized carbons (Fsp3) is 0.833. The Morgan fingerprint density at radius 1 is 1.62 bits per heavy atom. The van der Waals surface area contributed by atoms with Crippen molar-refractivity contribution >= 4 is 0 Å². The quantitative estimate of drug-likeness (QED) is 0.508. The molecule has 0 spiro atoms. The first-order valence-electron chi connectivity index (χ1n) is 5.91. The average Bonchev–Trinajstić information content (AvgIpc) is 2.23. The number of rotatable bonds is 7. The molecule has 0 aliphatic carbocycles. The third kappa shape index (κ3) is 6.23. The van der Waals surface area contributed by atoms with Crippen LogP contribution in [0, 0.1) is 0 Å². The van der Waals surface area contributed by atoms with E-state index in [4.69, 9.17) is 9.47 Å². The summed E-state index contributed by atoms with van der Waals surface area (Å²) in [6, 6.07) is 0. The zero-order valence-electron chi connectivity index (χ0n) is 10.5. The molecule has 1 heterocycles. The molecule has 0 aromatic heterocycles. The number of hydrogen-bond acceptors (Lipinski definition) is 4. The van der Waals surface area contributed by atoms with Crippen LogP contribution in [-0.2, 0) is 9.47 Å². The molecular formula is C12H24N2O2. The van der Waals surface area contributed by atoms with Gasteiger partial charge >= 0.3 is 0 Å². The highest BCUT2D eigenvalue weighted by Gasteiger charge is 2.16. The highest BCUT2D eigenvalue weighted by molar-refractivity contribution is 4.87. The number of nitrogens with one attached hydrogen (secondary N) is 1. The van der Waals surface area contributed by atoms with Crippen LogP contribution in [-0.4, -0.2) is 64.1 Å². The first kappa shape index (κ1) is 13.6. The summed E-state index contributed by atoms with van der Waals surface area (Å²) in [5.41, 5.74) is 1.07. The maximum absolute atomic E-state index is 5.63. The van der Waals surface area contributed by atoms with Crippen molar-refractivity contribution in [3.63, 3.8) is 0 Å². The Balaban J connectivity index is 1.92. The Labute approximate surface area is 98.6 Å². The molecule has 1 rings (SSSR count). The van der Waals surface area contributed by atoms with E-state index in [-0.39, 0.29) is 0 Å². The summed E-state index contributed by atoms with van der Waals surface area (Å²) < 4.78 is 11.0. The monoisotopic (exact) mass is 228 g/mol. The molecule has 16 heavy (non-hydrogen) atoms. The first-order valence-corrected chi connectivity index (χ1v) is 5.91. The fourth-order valence-corrected chi connectivity index (χ4v) is 1.64. The minimum atomic E-state index is 0.319. The highest BCUT2D eigenvalue weighted by Crippen LogP contribution is 2.01. The molecule has 0 amide bonds. The molecule has 0 aromatic carbocycles. The Bertz CT molecular complexity index is 209. The zero-order chi connectivity index (χ0) is 11.8. The van der Waals surface area contributed by atoms with Crippen molar-refractivity contribution in [1.82, 2.24) is 10.2 Å². The van der Waals surface area contributed by atoms with Crippen molar-refractivity contribution in [1.29, 1.82) is 0 Å². The lowest BCUT2D eigenvalue weighted by Crippen LogP contribution is -2.45. The Morgan fingerprint density at radius 2 is 2.44 bits per heavy atom. The lowest BCUT2D eigenvalue weighted by molar-refractivity contribution is -0.0186. The molecule has 1 aliphatic heterocycles. The van der Waals surface area contributed by atoms with Crippen LogP contribution in [0.4, 0.5) is 0 Å². The van der Waals surface area contributed by atoms with Crippen molar-refractivity contribution in [2.24, 2.45) is 0 Å². The second-order valence-corrected chi connectivity index (χ2v) is 4.47. The van der Waals surface area contributed by atoms with Gasteiger partial charge in [0.25, 0.3) is 0 Å². The predicted octanol–water partition coefficient (Wildman–Crippen LogP) is 0.499. The van der Waals surface area contributed by atoms with E-state index in [9.17, 15) is 0 Å². The lowest BCUT2D eigenvalue weighted by Gasteiger charge is -2.30. The molecule has 94 valence electrons. The highest BCUT2D eigenvalue weighted by atomic mass is 16.5. The standard InChI is InChI=1S/C12H24N2O2/c1-11(2)10-15-6-4-13-8-12-9-14(3)5-7-16-12/h12-13H,1,4-10H2,2-3H3. The Kier molecular flexibility index (Phi) is 6.64. The van der Waals surface area contributed by atoms with Gasteiger partial charge in [0.2, 0.25) is 0 Å². The molecule has 1 saturated heterocycles. The molecule has 4 heteroatoms. The van der Waals surface area contributed by atoms with Crippen LogP contribution in [0.2, 0.25) is 0 Å². The molecule has 1 atom stereocenters. The molecule has 1 fully saturated rings. The van der Waals surface area contributed by atoms with Gasteiger partial charge in [-0.2, -0.15) is 0 Å². The maximum Gasteiger partial charge on any atom is 0.0826 e. The second-order valence-electron chi connectivity index (χ2n) is 4.47. The Morgan fingerprint density at radius 3 is 3.12 bits per heavy atom. The molecule has 1 unspecified atom stereocenters. The van der Waals surface area contributed by atoms with E-state index in [2.05, 4.69) is 23.8 Å². The predicted molar refractivity (Wildman–Crippen MR) is 65.7 cm³/mol. The summed E-state index contributed by atoms with van der Waals surface area (Å²) in [7, 11) is 2.13. The SMILES string of the molecule is C=C(C)COCCNCC1CN(C)CCO1. The fourth-order valence-electron chi connectivity index (χ4n) is 1.64. The van der Waals surface area contributed by atoms with Crippen molar-refractivity contribution in [2.45, 2.75) is 13.0 Å². The molecule has 0 bridgehead atoms. The van der Waals surface area contributed by atoms with Crippen molar-refractivity contribution < 1.29 is 9.47 Å². The number of ether oxygens (including phenoxy) is 2. The van der Waals surface area contributed by atoms with Gasteiger partial charge in [0.05, 0.1) is 25.9 Å². The van der Waals surface area contributed by atoms with Crippen LogP contribution in [0.25, 0.3) is 0 Å². The molecular weight excluding hydrogens is 204 g/mol. The molecule has 1 aliphatic rings. The van der Waals surface area contributed by atoms with E-state index < -0.39 is 0 Å². The van der Waals surface area contributed by atoms with E-state index in [0.717, 1.165) is 45.0 Å². The van der Waals surface area contributed by atoms with E-state index in [1.54, 1.807) is 0 Å². The average molecular weight is 228 g/mol. The van der Waals surface area contributed by atoms with E-state index in [1.165, 1.54) is 0 Å². The topological polar surface area (TPSA) is 33.7 Å². The van der Waals surface area contributed by atoms with Crippen LogP contribution in [0.5, 0.6) is 0 Å². The van der Waals surface area contributed by atoms with Crippen molar-refractivity contribution in [3.05, 3.63) is 12.2 Å². The maximum atomic E-state index is 5.63. The van der Waals surface area contributed by atoms with Crippen LogP contribution in [0.3, 0.4) is 0 Å². The third-order valence-corrected chi connectivity index (χ3v) is 2.49. The van der Waals surface area contributed by atoms with Crippen molar-refractivity contribution in [2.75, 3.05) is 53.0 Å². The van der Waals surface area contributed by atoms with E-state index in [1.807, 2.05) is 6.92 Å². The molecule has 0 radical (unpaired) electrons. The van der Waals surface area contributed by atoms with Crippen molar-refractivity contribution in [3.8, 4) is 0 Å². The summed E-state index contributed by atoms with van der Waals surface area (Å²) in [6.07, 6.45) is 0.319. The third-order valence-electron chi connectivity index (χ3n) is 2.49. The summed E-state index contributed by atoms with van der Waals surface area (Å²) in [6.45, 7) is 11.8. The second kappa shape index (κ2) is 7.79. The van der Waals surface area contributed by atoms with Gasteiger partial charge < -0.3 is 19.7 Å². The number of morpholine rings is 1. The summed E-state index contributed by atoms with van der Waals surface area (Å²) in [5.74, 6) is 0. The van der Waals surface area contributed by atoms with Crippen LogP contribution in [0.15, 0.2) is 12.2 Å². The van der Waals surface area contributed by atoms with Gasteiger partial charge in [0, 0.05) is 26.2 Å².